The second-order valence-electron chi connectivity index (χ2n) is 9.38. The van der Waals surface area contributed by atoms with Gasteiger partial charge in [-0.1, -0.05) is 60.2 Å². The monoisotopic (exact) mass is 554 g/mol. The summed E-state index contributed by atoms with van der Waals surface area (Å²) in [6, 6.07) is 20.9. The summed E-state index contributed by atoms with van der Waals surface area (Å²) in [4.78, 5) is 28.8. The standard InChI is InChI=1S/C29H35FN4O4S/c1-5-31-29(36)27(19-23-9-7-6-8-10-23)33(20-24-13-11-22(2)12-14-24)28(35)21-34(39(37,38)32(3)4)26-17-15-25(30)16-18-26/h6-18,27H,5,19-21H2,1-4H3,(H,31,36). The van der Waals surface area contributed by atoms with E-state index in [1.54, 1.807) is 6.92 Å². The third-order valence-corrected chi connectivity index (χ3v) is 8.05. The molecular formula is C29H35FN4O4S. The number of nitrogens with one attached hydrogen (secondary N) is 1. The van der Waals surface area contributed by atoms with Crippen molar-refractivity contribution in [3.63, 3.8) is 0 Å². The number of aryl methyl sites for hydroxylation is 1. The summed E-state index contributed by atoms with van der Waals surface area (Å²) in [5, 5.41) is 2.82. The molecule has 39 heavy (non-hydrogen) atoms. The summed E-state index contributed by atoms with van der Waals surface area (Å²) in [6.45, 7) is 3.62. The molecule has 0 aliphatic heterocycles. The Kier molecular flexibility index (Phi) is 10.2. The molecule has 0 bridgehead atoms. The van der Waals surface area contributed by atoms with E-state index in [1.165, 1.54) is 31.1 Å². The molecule has 1 N–H and O–H groups in total. The van der Waals surface area contributed by atoms with Crippen molar-refractivity contribution in [3.05, 3.63) is 101 Å². The molecule has 2 amide bonds. The first-order chi connectivity index (χ1) is 18.5. The van der Waals surface area contributed by atoms with E-state index in [9.17, 15) is 22.4 Å². The van der Waals surface area contributed by atoms with Crippen LogP contribution in [0.25, 0.3) is 0 Å². The number of hydrogen-bond acceptors (Lipinski definition) is 4. The molecule has 3 aromatic rings. The van der Waals surface area contributed by atoms with Crippen LogP contribution in [0.5, 0.6) is 0 Å². The van der Waals surface area contributed by atoms with Gasteiger partial charge in [0.2, 0.25) is 11.8 Å². The molecule has 0 saturated carbocycles. The quantitative estimate of drug-likeness (QED) is 0.371. The Morgan fingerprint density at radius 1 is 0.897 bits per heavy atom. The number of nitrogens with zero attached hydrogens (tertiary/aromatic N) is 3. The molecule has 3 aromatic carbocycles. The summed E-state index contributed by atoms with van der Waals surface area (Å²) >= 11 is 0. The Labute approximate surface area is 230 Å². The molecule has 0 fully saturated rings. The van der Waals surface area contributed by atoms with Gasteiger partial charge in [-0.25, -0.2) is 8.70 Å². The van der Waals surface area contributed by atoms with E-state index in [2.05, 4.69) is 5.32 Å². The van der Waals surface area contributed by atoms with Gasteiger partial charge in [0.05, 0.1) is 5.69 Å². The van der Waals surface area contributed by atoms with Crippen molar-refractivity contribution in [2.75, 3.05) is 31.5 Å². The lowest BCUT2D eigenvalue weighted by Crippen LogP contribution is -2.54. The van der Waals surface area contributed by atoms with Gasteiger partial charge in [0.1, 0.15) is 18.4 Å². The SMILES string of the molecule is CCNC(=O)C(Cc1ccccc1)N(Cc1ccc(C)cc1)C(=O)CN(c1ccc(F)cc1)S(=O)(=O)N(C)C. The second-order valence-corrected chi connectivity index (χ2v) is 11.4. The zero-order valence-electron chi connectivity index (χ0n) is 22.7. The molecule has 208 valence electrons. The maximum atomic E-state index is 14.0. The van der Waals surface area contributed by atoms with Crippen molar-refractivity contribution in [3.8, 4) is 0 Å². The first-order valence-corrected chi connectivity index (χ1v) is 14.0. The number of benzene rings is 3. The Bertz CT molecular complexity index is 1350. The largest absolute Gasteiger partial charge is 0.355 e. The summed E-state index contributed by atoms with van der Waals surface area (Å²) < 4.78 is 42.1. The van der Waals surface area contributed by atoms with Gasteiger partial charge in [-0.2, -0.15) is 12.7 Å². The van der Waals surface area contributed by atoms with Crippen LogP contribution >= 0.6 is 0 Å². The minimum absolute atomic E-state index is 0.0903. The van der Waals surface area contributed by atoms with E-state index in [4.69, 9.17) is 0 Å². The second kappa shape index (κ2) is 13.3. The Hall–Kier alpha value is -3.76. The van der Waals surface area contributed by atoms with E-state index < -0.39 is 34.5 Å². The van der Waals surface area contributed by atoms with Gasteiger partial charge in [0, 0.05) is 33.6 Å². The van der Waals surface area contributed by atoms with Crippen LogP contribution in [0.3, 0.4) is 0 Å². The number of carbonyl (C=O) groups is 2. The molecule has 0 aliphatic carbocycles. The number of amides is 2. The minimum Gasteiger partial charge on any atom is -0.355 e. The average molecular weight is 555 g/mol. The Morgan fingerprint density at radius 3 is 2.08 bits per heavy atom. The van der Waals surface area contributed by atoms with Crippen LogP contribution in [-0.4, -0.2) is 62.7 Å². The van der Waals surface area contributed by atoms with Crippen LogP contribution in [0.2, 0.25) is 0 Å². The summed E-state index contributed by atoms with van der Waals surface area (Å²) in [7, 11) is -1.42. The molecule has 0 saturated heterocycles. The first kappa shape index (κ1) is 29.8. The molecule has 0 aliphatic rings. The van der Waals surface area contributed by atoms with Crippen molar-refractivity contribution in [1.29, 1.82) is 0 Å². The van der Waals surface area contributed by atoms with Gasteiger partial charge in [-0.3, -0.25) is 9.59 Å². The number of carbonyl (C=O) groups excluding carboxylic acids is 2. The van der Waals surface area contributed by atoms with Gasteiger partial charge in [0.25, 0.3) is 0 Å². The third-order valence-electron chi connectivity index (χ3n) is 6.23. The summed E-state index contributed by atoms with van der Waals surface area (Å²) in [5.41, 5.74) is 2.82. The van der Waals surface area contributed by atoms with Crippen molar-refractivity contribution >= 4 is 27.7 Å². The average Bonchev–Trinajstić information content (AvgIpc) is 2.91. The fourth-order valence-corrected chi connectivity index (χ4v) is 5.12. The topological polar surface area (TPSA) is 90.0 Å². The summed E-state index contributed by atoms with van der Waals surface area (Å²) in [6.07, 6.45) is 0.237. The van der Waals surface area contributed by atoms with E-state index in [1.807, 2.05) is 61.5 Å². The fraction of sp³-hybridized carbons (Fsp3) is 0.310. The predicted molar refractivity (Wildman–Crippen MR) is 151 cm³/mol. The molecule has 0 heterocycles. The fourth-order valence-electron chi connectivity index (χ4n) is 4.06. The van der Waals surface area contributed by atoms with Gasteiger partial charge in [-0.05, 0) is 49.2 Å². The molecule has 0 radical (unpaired) electrons. The van der Waals surface area contributed by atoms with Gasteiger partial charge in [0.15, 0.2) is 0 Å². The van der Waals surface area contributed by atoms with Crippen molar-refractivity contribution < 1.29 is 22.4 Å². The maximum Gasteiger partial charge on any atom is 0.304 e. The number of halogens is 1. The highest BCUT2D eigenvalue weighted by atomic mass is 32.2. The smallest absolute Gasteiger partial charge is 0.304 e. The molecule has 0 spiro atoms. The number of likely N-dealkylation sites (N-methyl/N-ethyl adjacent to an activating group) is 1. The lowest BCUT2D eigenvalue weighted by atomic mass is 10.0. The molecule has 10 heteroatoms. The predicted octanol–water partition coefficient (Wildman–Crippen LogP) is 3.52. The molecule has 1 atom stereocenters. The highest BCUT2D eigenvalue weighted by Crippen LogP contribution is 2.22. The molecular weight excluding hydrogens is 519 g/mol. The van der Waals surface area contributed by atoms with E-state index in [0.29, 0.717) is 6.54 Å². The molecule has 1 unspecified atom stereocenters. The number of anilines is 1. The molecule has 8 nitrogen and oxygen atoms in total. The van der Waals surface area contributed by atoms with Gasteiger partial charge >= 0.3 is 10.2 Å². The van der Waals surface area contributed by atoms with Crippen LogP contribution in [0, 0.1) is 12.7 Å². The van der Waals surface area contributed by atoms with Crippen molar-refractivity contribution in [1.82, 2.24) is 14.5 Å². The van der Waals surface area contributed by atoms with E-state index >= 15 is 0 Å². The number of rotatable bonds is 12. The molecule has 3 rings (SSSR count). The highest BCUT2D eigenvalue weighted by Gasteiger charge is 2.34. The maximum absolute atomic E-state index is 14.0. The normalized spacial score (nSPS) is 12.2. The molecule has 0 aromatic heterocycles. The van der Waals surface area contributed by atoms with Crippen LogP contribution in [-0.2, 0) is 32.8 Å². The lowest BCUT2D eigenvalue weighted by Gasteiger charge is -2.34. The highest BCUT2D eigenvalue weighted by molar-refractivity contribution is 7.90. The van der Waals surface area contributed by atoms with Crippen molar-refractivity contribution in [2.45, 2.75) is 32.9 Å². The Morgan fingerprint density at radius 2 is 1.51 bits per heavy atom. The Balaban J connectivity index is 2.06. The van der Waals surface area contributed by atoms with Gasteiger partial charge < -0.3 is 10.2 Å². The zero-order valence-corrected chi connectivity index (χ0v) is 23.5. The lowest BCUT2D eigenvalue weighted by molar-refractivity contribution is -0.140. The van der Waals surface area contributed by atoms with Crippen LogP contribution in [0.15, 0.2) is 78.9 Å². The first-order valence-electron chi connectivity index (χ1n) is 12.6. The van der Waals surface area contributed by atoms with E-state index in [0.717, 1.165) is 37.4 Å². The van der Waals surface area contributed by atoms with Gasteiger partial charge in [-0.15, -0.1) is 0 Å². The van der Waals surface area contributed by atoms with Crippen LogP contribution < -0.4 is 9.62 Å². The van der Waals surface area contributed by atoms with Crippen molar-refractivity contribution in [2.24, 2.45) is 0 Å². The minimum atomic E-state index is -4.13. The number of hydrogen-bond donors (Lipinski definition) is 1. The van der Waals surface area contributed by atoms with Crippen LogP contribution in [0.4, 0.5) is 10.1 Å². The van der Waals surface area contributed by atoms with E-state index in [-0.39, 0.29) is 24.6 Å². The summed E-state index contributed by atoms with van der Waals surface area (Å²) in [5.74, 6) is -1.45. The zero-order chi connectivity index (χ0) is 28.6. The third kappa shape index (κ3) is 7.87. The van der Waals surface area contributed by atoms with Crippen LogP contribution in [0.1, 0.15) is 23.6 Å².